The van der Waals surface area contributed by atoms with E-state index in [-0.39, 0.29) is 0 Å². The van der Waals surface area contributed by atoms with Gasteiger partial charge in [-0.15, -0.1) is 0 Å². The molecule has 1 aromatic carbocycles. The minimum atomic E-state index is 0.427. The molecule has 0 atom stereocenters. The van der Waals surface area contributed by atoms with E-state index in [1.807, 2.05) is 12.1 Å². The normalized spacial score (nSPS) is 11.3. The van der Waals surface area contributed by atoms with Gasteiger partial charge in [-0.05, 0) is 35.1 Å². The third-order valence-electron chi connectivity index (χ3n) is 2.51. The molecule has 4 N–H and O–H groups in total. The molecule has 0 aliphatic heterocycles. The fourth-order valence-corrected chi connectivity index (χ4v) is 1.96. The topological polar surface area (TPSA) is 52.0 Å². The van der Waals surface area contributed by atoms with Crippen LogP contribution in [0.3, 0.4) is 0 Å². The van der Waals surface area contributed by atoms with Gasteiger partial charge in [-0.1, -0.05) is 27.7 Å². The lowest BCUT2D eigenvalue weighted by atomic mass is 9.88. The van der Waals surface area contributed by atoms with Gasteiger partial charge in [0, 0.05) is 11.4 Å². The Kier molecular flexibility index (Phi) is 3.04. The van der Waals surface area contributed by atoms with E-state index in [1.54, 1.807) is 0 Å². The van der Waals surface area contributed by atoms with E-state index in [0.717, 1.165) is 11.4 Å². The van der Waals surface area contributed by atoms with Crippen LogP contribution >= 0.6 is 0 Å². The average Bonchev–Trinajstić information content (AvgIpc) is 2.07. The highest BCUT2D eigenvalue weighted by Crippen LogP contribution is 2.34. The molecule has 14 heavy (non-hydrogen) atoms. The Morgan fingerprint density at radius 2 is 1.07 bits per heavy atom. The van der Waals surface area contributed by atoms with Crippen molar-refractivity contribution in [1.82, 2.24) is 0 Å². The Bertz CT molecular complexity index is 294. The molecule has 1 rings (SSSR count). The second-order valence-corrected chi connectivity index (χ2v) is 4.38. The van der Waals surface area contributed by atoms with E-state index >= 15 is 0 Å². The van der Waals surface area contributed by atoms with Gasteiger partial charge < -0.3 is 11.5 Å². The highest BCUT2D eigenvalue weighted by atomic mass is 14.6. The van der Waals surface area contributed by atoms with Crippen molar-refractivity contribution in [2.24, 2.45) is 0 Å². The van der Waals surface area contributed by atoms with Crippen molar-refractivity contribution >= 4 is 11.4 Å². The van der Waals surface area contributed by atoms with Crippen LogP contribution in [0.5, 0.6) is 0 Å². The second kappa shape index (κ2) is 3.91. The van der Waals surface area contributed by atoms with Crippen molar-refractivity contribution in [2.45, 2.75) is 39.5 Å². The summed E-state index contributed by atoms with van der Waals surface area (Å²) in [5.74, 6) is 0.854. The van der Waals surface area contributed by atoms with Crippen LogP contribution in [0.2, 0.25) is 0 Å². The molecule has 0 aliphatic rings. The molecular formula is C12H20N2. The van der Waals surface area contributed by atoms with Crippen LogP contribution in [-0.2, 0) is 0 Å². The molecule has 0 aromatic heterocycles. The highest BCUT2D eigenvalue weighted by Gasteiger charge is 2.15. The first-order valence-electron chi connectivity index (χ1n) is 5.12. The summed E-state index contributed by atoms with van der Waals surface area (Å²) >= 11 is 0. The lowest BCUT2D eigenvalue weighted by Gasteiger charge is -2.20. The Labute approximate surface area is 86.3 Å². The molecule has 0 aliphatic carbocycles. The fourth-order valence-electron chi connectivity index (χ4n) is 1.96. The first-order chi connectivity index (χ1) is 6.45. The van der Waals surface area contributed by atoms with Crippen molar-refractivity contribution in [3.05, 3.63) is 23.3 Å². The van der Waals surface area contributed by atoms with E-state index in [9.17, 15) is 0 Å². The first-order valence-corrected chi connectivity index (χ1v) is 5.12. The molecular weight excluding hydrogens is 172 g/mol. The molecule has 2 heteroatoms. The third kappa shape index (κ3) is 1.84. The van der Waals surface area contributed by atoms with E-state index in [2.05, 4.69) is 27.7 Å². The Morgan fingerprint density at radius 3 is 1.29 bits per heavy atom. The Morgan fingerprint density at radius 1 is 0.786 bits per heavy atom. The van der Waals surface area contributed by atoms with E-state index < -0.39 is 0 Å². The summed E-state index contributed by atoms with van der Waals surface area (Å²) in [5.41, 5.74) is 16.1. The summed E-state index contributed by atoms with van der Waals surface area (Å²) in [6.45, 7) is 8.60. The van der Waals surface area contributed by atoms with Gasteiger partial charge in [0.2, 0.25) is 0 Å². The van der Waals surface area contributed by atoms with Gasteiger partial charge in [0.1, 0.15) is 0 Å². The summed E-state index contributed by atoms with van der Waals surface area (Å²) < 4.78 is 0. The number of rotatable bonds is 2. The minimum Gasteiger partial charge on any atom is -0.398 e. The number of anilines is 2. The molecule has 0 saturated heterocycles. The maximum Gasteiger partial charge on any atom is 0.0353 e. The van der Waals surface area contributed by atoms with E-state index in [4.69, 9.17) is 11.5 Å². The summed E-state index contributed by atoms with van der Waals surface area (Å²) in [5, 5.41) is 0. The van der Waals surface area contributed by atoms with Crippen molar-refractivity contribution in [2.75, 3.05) is 11.5 Å². The van der Waals surface area contributed by atoms with Crippen LogP contribution in [0.25, 0.3) is 0 Å². The molecule has 1 aromatic rings. The monoisotopic (exact) mass is 192 g/mol. The minimum absolute atomic E-state index is 0.427. The summed E-state index contributed by atoms with van der Waals surface area (Å²) in [7, 11) is 0. The largest absolute Gasteiger partial charge is 0.398 e. The van der Waals surface area contributed by atoms with Crippen molar-refractivity contribution in [3.63, 3.8) is 0 Å². The third-order valence-corrected chi connectivity index (χ3v) is 2.51. The predicted octanol–water partition coefficient (Wildman–Crippen LogP) is 3.10. The lowest BCUT2D eigenvalue weighted by molar-refractivity contribution is 0.795. The SMILES string of the molecule is CC(C)c1c(N)ccc(N)c1C(C)C. The van der Waals surface area contributed by atoms with Crippen molar-refractivity contribution < 1.29 is 0 Å². The summed E-state index contributed by atoms with van der Waals surface area (Å²) in [6, 6.07) is 3.80. The smallest absolute Gasteiger partial charge is 0.0353 e. The van der Waals surface area contributed by atoms with Gasteiger partial charge in [-0.3, -0.25) is 0 Å². The van der Waals surface area contributed by atoms with Crippen LogP contribution in [0, 0.1) is 0 Å². The van der Waals surface area contributed by atoms with Gasteiger partial charge in [-0.2, -0.15) is 0 Å². The molecule has 0 unspecified atom stereocenters. The molecule has 0 heterocycles. The van der Waals surface area contributed by atoms with E-state index in [1.165, 1.54) is 11.1 Å². The molecule has 0 amide bonds. The average molecular weight is 192 g/mol. The number of nitrogens with two attached hydrogens (primary N) is 2. The standard InChI is InChI=1S/C12H20N2/c1-7(2)11-9(13)5-6-10(14)12(11)8(3)4/h5-8H,13-14H2,1-4H3. The fraction of sp³-hybridized carbons (Fsp3) is 0.500. The molecule has 0 fully saturated rings. The summed E-state index contributed by atoms with van der Waals surface area (Å²) in [6.07, 6.45) is 0. The van der Waals surface area contributed by atoms with Gasteiger partial charge in [0.15, 0.2) is 0 Å². The zero-order chi connectivity index (χ0) is 10.9. The first kappa shape index (κ1) is 10.9. The second-order valence-electron chi connectivity index (χ2n) is 4.38. The van der Waals surface area contributed by atoms with Crippen LogP contribution < -0.4 is 11.5 Å². The molecule has 0 saturated carbocycles. The zero-order valence-corrected chi connectivity index (χ0v) is 9.46. The maximum atomic E-state index is 5.97. The van der Waals surface area contributed by atoms with Crippen LogP contribution in [-0.4, -0.2) is 0 Å². The van der Waals surface area contributed by atoms with Crippen LogP contribution in [0.4, 0.5) is 11.4 Å². The van der Waals surface area contributed by atoms with Crippen LogP contribution in [0.15, 0.2) is 12.1 Å². The number of nitrogen functional groups attached to an aromatic ring is 2. The molecule has 78 valence electrons. The summed E-state index contributed by atoms with van der Waals surface area (Å²) in [4.78, 5) is 0. The quantitative estimate of drug-likeness (QED) is 0.707. The van der Waals surface area contributed by atoms with Crippen molar-refractivity contribution in [1.29, 1.82) is 0 Å². The lowest BCUT2D eigenvalue weighted by Crippen LogP contribution is -2.07. The van der Waals surface area contributed by atoms with E-state index in [0.29, 0.717) is 11.8 Å². The number of hydrogen-bond donors (Lipinski definition) is 2. The Hall–Kier alpha value is -1.18. The predicted molar refractivity (Wildman–Crippen MR) is 63.4 cm³/mol. The van der Waals surface area contributed by atoms with Gasteiger partial charge >= 0.3 is 0 Å². The number of benzene rings is 1. The number of hydrogen-bond acceptors (Lipinski definition) is 2. The Balaban J connectivity index is 3.42. The molecule has 2 nitrogen and oxygen atoms in total. The molecule has 0 spiro atoms. The van der Waals surface area contributed by atoms with Crippen LogP contribution in [0.1, 0.15) is 50.7 Å². The maximum absolute atomic E-state index is 5.97. The molecule has 0 radical (unpaired) electrons. The van der Waals surface area contributed by atoms with Gasteiger partial charge in [0.05, 0.1) is 0 Å². The van der Waals surface area contributed by atoms with Crippen molar-refractivity contribution in [3.8, 4) is 0 Å². The highest BCUT2D eigenvalue weighted by molar-refractivity contribution is 5.64. The molecule has 0 bridgehead atoms. The zero-order valence-electron chi connectivity index (χ0n) is 9.46. The van der Waals surface area contributed by atoms with Gasteiger partial charge in [-0.25, -0.2) is 0 Å². The van der Waals surface area contributed by atoms with Gasteiger partial charge in [0.25, 0.3) is 0 Å².